The molecule has 1 aromatic heterocycles. The Hall–Kier alpha value is -1.75. The van der Waals surface area contributed by atoms with Gasteiger partial charge in [-0.3, -0.25) is 4.79 Å². The van der Waals surface area contributed by atoms with Crippen molar-refractivity contribution in [3.8, 4) is 5.75 Å². The smallest absolute Gasteiger partial charge is 0.270 e. The highest BCUT2D eigenvalue weighted by Gasteiger charge is 2.22. The van der Waals surface area contributed by atoms with Crippen molar-refractivity contribution in [3.63, 3.8) is 0 Å². The summed E-state index contributed by atoms with van der Waals surface area (Å²) in [6.45, 7) is 1.89. The summed E-state index contributed by atoms with van der Waals surface area (Å²) >= 11 is 3.36. The van der Waals surface area contributed by atoms with Crippen LogP contribution >= 0.6 is 15.9 Å². The molecule has 0 radical (unpaired) electrons. The molecule has 2 rings (SSSR count). The van der Waals surface area contributed by atoms with E-state index in [4.69, 9.17) is 0 Å². The first-order valence-electron chi connectivity index (χ1n) is 6.28. The van der Waals surface area contributed by atoms with Crippen molar-refractivity contribution in [2.24, 2.45) is 7.05 Å². The SMILES string of the molecule is CC(c1ccccc1O)N(C)C(=O)c1cc(Br)cn1C. The van der Waals surface area contributed by atoms with Crippen LogP contribution in [0.5, 0.6) is 5.75 Å². The average molecular weight is 337 g/mol. The van der Waals surface area contributed by atoms with Crippen LogP contribution in [0, 0.1) is 0 Å². The van der Waals surface area contributed by atoms with Crippen LogP contribution in [0.15, 0.2) is 41.0 Å². The summed E-state index contributed by atoms with van der Waals surface area (Å²) in [7, 11) is 3.57. The molecule has 1 atom stereocenters. The van der Waals surface area contributed by atoms with Crippen molar-refractivity contribution in [3.05, 3.63) is 52.3 Å². The van der Waals surface area contributed by atoms with E-state index in [9.17, 15) is 9.90 Å². The van der Waals surface area contributed by atoms with Crippen molar-refractivity contribution < 1.29 is 9.90 Å². The fourth-order valence-corrected chi connectivity index (χ4v) is 2.67. The number of aromatic hydroxyl groups is 1. The number of halogens is 1. The van der Waals surface area contributed by atoms with E-state index in [-0.39, 0.29) is 17.7 Å². The molecule has 0 aliphatic heterocycles. The van der Waals surface area contributed by atoms with Crippen LogP contribution in [-0.4, -0.2) is 27.5 Å². The molecule has 0 aliphatic carbocycles. The Labute approximate surface area is 126 Å². The summed E-state index contributed by atoms with van der Waals surface area (Å²) in [6, 6.07) is 8.65. The molecule has 1 heterocycles. The van der Waals surface area contributed by atoms with Gasteiger partial charge in [-0.25, -0.2) is 0 Å². The second-order valence-corrected chi connectivity index (χ2v) is 5.72. The number of hydrogen-bond acceptors (Lipinski definition) is 2. The molecule has 2 aromatic rings. The highest BCUT2D eigenvalue weighted by molar-refractivity contribution is 9.10. The molecule has 0 bridgehead atoms. The first kappa shape index (κ1) is 14.7. The number of aryl methyl sites for hydroxylation is 1. The van der Waals surface area contributed by atoms with E-state index in [1.165, 1.54) is 0 Å². The zero-order valence-electron chi connectivity index (χ0n) is 11.7. The van der Waals surface area contributed by atoms with Crippen LogP contribution in [-0.2, 0) is 7.05 Å². The van der Waals surface area contributed by atoms with Gasteiger partial charge in [0, 0.05) is 30.3 Å². The standard InChI is InChI=1S/C15H17BrN2O2/c1-10(12-6-4-5-7-14(12)19)18(3)15(20)13-8-11(16)9-17(13)2/h4-10,19H,1-3H3. The van der Waals surface area contributed by atoms with Crippen LogP contribution in [0.25, 0.3) is 0 Å². The summed E-state index contributed by atoms with van der Waals surface area (Å²) in [5, 5.41) is 9.89. The third-order valence-electron chi connectivity index (χ3n) is 3.48. The minimum atomic E-state index is -0.211. The predicted molar refractivity (Wildman–Crippen MR) is 81.7 cm³/mol. The Kier molecular flexibility index (Phi) is 4.18. The van der Waals surface area contributed by atoms with Gasteiger partial charge in [0.1, 0.15) is 11.4 Å². The maximum absolute atomic E-state index is 12.5. The van der Waals surface area contributed by atoms with Crippen LogP contribution in [0.2, 0.25) is 0 Å². The molecule has 0 spiro atoms. The second-order valence-electron chi connectivity index (χ2n) is 4.81. The molecule has 0 fully saturated rings. The second kappa shape index (κ2) is 5.71. The van der Waals surface area contributed by atoms with Gasteiger partial charge in [-0.05, 0) is 35.0 Å². The van der Waals surface area contributed by atoms with Gasteiger partial charge in [-0.1, -0.05) is 18.2 Å². The molecule has 0 saturated carbocycles. The van der Waals surface area contributed by atoms with Crippen LogP contribution < -0.4 is 0 Å². The van der Waals surface area contributed by atoms with Gasteiger partial charge in [0.25, 0.3) is 5.91 Å². The lowest BCUT2D eigenvalue weighted by Crippen LogP contribution is -2.31. The molecule has 106 valence electrons. The van der Waals surface area contributed by atoms with E-state index >= 15 is 0 Å². The lowest BCUT2D eigenvalue weighted by atomic mass is 10.1. The van der Waals surface area contributed by atoms with E-state index in [2.05, 4.69) is 15.9 Å². The van der Waals surface area contributed by atoms with Gasteiger partial charge in [0.2, 0.25) is 0 Å². The summed E-state index contributed by atoms with van der Waals surface area (Å²) < 4.78 is 2.65. The summed E-state index contributed by atoms with van der Waals surface area (Å²) in [4.78, 5) is 14.1. The number of aromatic nitrogens is 1. The van der Waals surface area contributed by atoms with E-state index in [0.29, 0.717) is 5.69 Å². The van der Waals surface area contributed by atoms with Crippen molar-refractivity contribution in [2.75, 3.05) is 7.05 Å². The molecule has 20 heavy (non-hydrogen) atoms. The van der Waals surface area contributed by atoms with Gasteiger partial charge >= 0.3 is 0 Å². The van der Waals surface area contributed by atoms with Crippen molar-refractivity contribution in [1.29, 1.82) is 0 Å². The number of benzene rings is 1. The average Bonchev–Trinajstić information content (AvgIpc) is 2.76. The minimum absolute atomic E-state index is 0.0889. The third kappa shape index (κ3) is 2.72. The summed E-state index contributed by atoms with van der Waals surface area (Å²) in [5.41, 5.74) is 1.33. The van der Waals surface area contributed by atoms with E-state index in [0.717, 1.165) is 10.0 Å². The van der Waals surface area contributed by atoms with Gasteiger partial charge in [0.15, 0.2) is 0 Å². The molecule has 0 saturated heterocycles. The highest BCUT2D eigenvalue weighted by atomic mass is 79.9. The van der Waals surface area contributed by atoms with Crippen molar-refractivity contribution in [2.45, 2.75) is 13.0 Å². The van der Waals surface area contributed by atoms with Gasteiger partial charge in [0.05, 0.1) is 6.04 Å². The van der Waals surface area contributed by atoms with Crippen molar-refractivity contribution in [1.82, 2.24) is 9.47 Å². The first-order chi connectivity index (χ1) is 9.41. The maximum atomic E-state index is 12.5. The van der Waals surface area contributed by atoms with Crippen LogP contribution in [0.1, 0.15) is 29.0 Å². The number of nitrogens with zero attached hydrogens (tertiary/aromatic N) is 2. The summed E-state index contributed by atoms with van der Waals surface area (Å²) in [5.74, 6) is 0.113. The molecule has 5 heteroatoms. The fourth-order valence-electron chi connectivity index (χ4n) is 2.14. The fraction of sp³-hybridized carbons (Fsp3) is 0.267. The number of carbonyl (C=O) groups excluding carboxylic acids is 1. The number of carbonyl (C=O) groups is 1. The number of phenolic OH excluding ortho intramolecular Hbond substituents is 1. The Bertz CT molecular complexity index is 637. The molecule has 1 aromatic carbocycles. The largest absolute Gasteiger partial charge is 0.508 e. The maximum Gasteiger partial charge on any atom is 0.270 e. The topological polar surface area (TPSA) is 45.5 Å². The predicted octanol–water partition coefficient (Wildman–Crippen LogP) is 3.33. The lowest BCUT2D eigenvalue weighted by Gasteiger charge is -2.26. The van der Waals surface area contributed by atoms with E-state index in [1.807, 2.05) is 32.3 Å². The molecule has 1 N–H and O–H groups in total. The normalized spacial score (nSPS) is 12.2. The molecule has 4 nitrogen and oxygen atoms in total. The Balaban J connectivity index is 2.27. The zero-order chi connectivity index (χ0) is 14.9. The highest BCUT2D eigenvalue weighted by Crippen LogP contribution is 2.28. The van der Waals surface area contributed by atoms with Gasteiger partial charge < -0.3 is 14.6 Å². The molecule has 1 amide bonds. The number of para-hydroxylation sites is 1. The van der Waals surface area contributed by atoms with Gasteiger partial charge in [-0.15, -0.1) is 0 Å². The first-order valence-corrected chi connectivity index (χ1v) is 7.08. The number of hydrogen-bond donors (Lipinski definition) is 1. The quantitative estimate of drug-likeness (QED) is 0.934. The minimum Gasteiger partial charge on any atom is -0.508 e. The molecular formula is C15H17BrN2O2. The van der Waals surface area contributed by atoms with E-state index < -0.39 is 0 Å². The number of amides is 1. The van der Waals surface area contributed by atoms with Crippen LogP contribution in [0.3, 0.4) is 0 Å². The Morgan fingerprint density at radius 1 is 1.40 bits per heavy atom. The number of rotatable bonds is 3. The van der Waals surface area contributed by atoms with Gasteiger partial charge in [-0.2, -0.15) is 0 Å². The lowest BCUT2D eigenvalue weighted by molar-refractivity contribution is 0.0731. The summed E-state index contributed by atoms with van der Waals surface area (Å²) in [6.07, 6.45) is 1.84. The molecule has 0 aliphatic rings. The van der Waals surface area contributed by atoms with Crippen molar-refractivity contribution >= 4 is 21.8 Å². The zero-order valence-corrected chi connectivity index (χ0v) is 13.3. The third-order valence-corrected chi connectivity index (χ3v) is 3.91. The number of phenols is 1. The molecule has 1 unspecified atom stereocenters. The Morgan fingerprint density at radius 2 is 2.05 bits per heavy atom. The molecular weight excluding hydrogens is 320 g/mol. The van der Waals surface area contributed by atoms with Crippen LogP contribution in [0.4, 0.5) is 0 Å². The Morgan fingerprint density at radius 3 is 2.60 bits per heavy atom. The van der Waals surface area contributed by atoms with E-state index in [1.54, 1.807) is 34.7 Å². The monoisotopic (exact) mass is 336 g/mol.